The Morgan fingerprint density at radius 3 is 2.58 bits per heavy atom. The first-order valence-electron chi connectivity index (χ1n) is 9.34. The summed E-state index contributed by atoms with van der Waals surface area (Å²) in [7, 11) is 0. The van der Waals surface area contributed by atoms with Crippen molar-refractivity contribution in [3.8, 4) is 0 Å². The van der Waals surface area contributed by atoms with Crippen molar-refractivity contribution in [1.82, 2.24) is 9.97 Å². The summed E-state index contributed by atoms with van der Waals surface area (Å²) in [5, 5.41) is 8.86. The number of aromatic nitrogens is 2. The number of amides is 2. The lowest BCUT2D eigenvalue weighted by molar-refractivity contribution is -0.123. The first kappa shape index (κ1) is 20.9. The monoisotopic (exact) mass is 457 g/mol. The maximum atomic E-state index is 12.9. The van der Waals surface area contributed by atoms with E-state index in [1.165, 1.54) is 6.07 Å². The third-order valence-electron chi connectivity index (χ3n) is 4.77. The molecule has 3 aromatic rings. The smallest absolute Gasteiger partial charge is 0.258 e. The molecule has 0 saturated carbocycles. The molecule has 2 aromatic carbocycles. The Morgan fingerprint density at radius 2 is 1.87 bits per heavy atom. The highest BCUT2D eigenvalue weighted by Gasteiger charge is 2.35. The lowest BCUT2D eigenvalue weighted by Crippen LogP contribution is -2.36. The van der Waals surface area contributed by atoms with Crippen LogP contribution in [0.2, 0.25) is 10.0 Å². The number of hydrogen-bond acceptors (Lipinski definition) is 5. The highest BCUT2D eigenvalue weighted by Crippen LogP contribution is 2.32. The van der Waals surface area contributed by atoms with E-state index >= 15 is 0 Å². The summed E-state index contributed by atoms with van der Waals surface area (Å²) in [4.78, 5) is 44.8. The Balaban J connectivity index is 1.64. The highest BCUT2D eigenvalue weighted by atomic mass is 35.5. The molecule has 0 aliphatic carbocycles. The topological polar surface area (TPSA) is 116 Å². The summed E-state index contributed by atoms with van der Waals surface area (Å²) in [6.07, 6.45) is -0.195. The summed E-state index contributed by atoms with van der Waals surface area (Å²) in [6, 6.07) is 12.1. The zero-order valence-corrected chi connectivity index (χ0v) is 17.8. The van der Waals surface area contributed by atoms with Gasteiger partial charge in [0, 0.05) is 17.1 Å². The van der Waals surface area contributed by atoms with Gasteiger partial charge in [-0.3, -0.25) is 19.4 Å². The van der Waals surface area contributed by atoms with Gasteiger partial charge < -0.3 is 16.0 Å². The zero-order valence-electron chi connectivity index (χ0n) is 16.3. The number of aromatic amines is 1. The number of fused-ring (bicyclic) bond motifs is 1. The number of nitrogens with one attached hydrogen (secondary N) is 4. The van der Waals surface area contributed by atoms with Gasteiger partial charge in [0.05, 0.1) is 22.2 Å². The Labute approximate surface area is 187 Å². The first-order chi connectivity index (χ1) is 14.8. The lowest BCUT2D eigenvalue weighted by atomic mass is 9.92. The van der Waals surface area contributed by atoms with E-state index in [1.54, 1.807) is 12.1 Å². The summed E-state index contributed by atoms with van der Waals surface area (Å²) in [6.45, 7) is 1.96. The molecule has 1 aromatic heterocycles. The van der Waals surface area contributed by atoms with Gasteiger partial charge in [-0.15, -0.1) is 0 Å². The largest absolute Gasteiger partial charge is 0.326 e. The Bertz CT molecular complexity index is 1240. The van der Waals surface area contributed by atoms with Crippen LogP contribution in [0.15, 0.2) is 47.3 Å². The van der Waals surface area contributed by atoms with E-state index in [4.69, 9.17) is 23.2 Å². The van der Waals surface area contributed by atoms with Crippen molar-refractivity contribution in [1.29, 1.82) is 0 Å². The number of aryl methyl sites for hydroxylation is 1. The van der Waals surface area contributed by atoms with Crippen LogP contribution in [0.4, 0.5) is 23.1 Å². The van der Waals surface area contributed by atoms with Crippen molar-refractivity contribution in [3.63, 3.8) is 0 Å². The molecule has 0 saturated heterocycles. The van der Waals surface area contributed by atoms with E-state index in [2.05, 4.69) is 25.9 Å². The number of carbonyl (C=O) groups is 2. The van der Waals surface area contributed by atoms with Crippen LogP contribution >= 0.6 is 23.2 Å². The van der Waals surface area contributed by atoms with Gasteiger partial charge >= 0.3 is 0 Å². The number of halogens is 2. The third-order valence-corrected chi connectivity index (χ3v) is 5.32. The van der Waals surface area contributed by atoms with Crippen molar-refractivity contribution >= 4 is 58.2 Å². The average Bonchev–Trinajstić information content (AvgIpc) is 2.71. The van der Waals surface area contributed by atoms with Crippen LogP contribution in [0.25, 0.3) is 0 Å². The number of rotatable bonds is 4. The molecule has 8 nitrogen and oxygen atoms in total. The van der Waals surface area contributed by atoms with Crippen molar-refractivity contribution in [2.45, 2.75) is 19.3 Å². The highest BCUT2D eigenvalue weighted by molar-refractivity contribution is 6.36. The van der Waals surface area contributed by atoms with Crippen LogP contribution in [-0.4, -0.2) is 21.8 Å². The number of benzene rings is 2. The number of hydrogen-bond donors (Lipinski definition) is 4. The average molecular weight is 458 g/mol. The molecule has 1 aliphatic rings. The molecule has 0 radical (unpaired) electrons. The fourth-order valence-electron chi connectivity index (χ4n) is 3.24. The molecule has 2 amide bonds. The second-order valence-electron chi connectivity index (χ2n) is 7.09. The number of anilines is 4. The Kier molecular flexibility index (Phi) is 5.67. The first-order valence-corrected chi connectivity index (χ1v) is 10.1. The van der Waals surface area contributed by atoms with E-state index in [0.29, 0.717) is 16.4 Å². The van der Waals surface area contributed by atoms with E-state index < -0.39 is 23.3 Å². The molecular formula is C21H17Cl2N5O3. The molecule has 4 N–H and O–H groups in total. The van der Waals surface area contributed by atoms with Gasteiger partial charge in [-0.1, -0.05) is 40.9 Å². The number of carbonyl (C=O) groups excluding carboxylic acids is 2. The molecule has 1 unspecified atom stereocenters. The zero-order chi connectivity index (χ0) is 22.1. The summed E-state index contributed by atoms with van der Waals surface area (Å²) < 4.78 is 0. The van der Waals surface area contributed by atoms with Gasteiger partial charge in [0.25, 0.3) is 5.56 Å². The molecule has 0 bridgehead atoms. The van der Waals surface area contributed by atoms with Gasteiger partial charge in [0.2, 0.25) is 17.8 Å². The predicted molar refractivity (Wildman–Crippen MR) is 120 cm³/mol. The second kappa shape index (κ2) is 8.41. The molecular weight excluding hydrogens is 441 g/mol. The molecule has 1 aliphatic heterocycles. The van der Waals surface area contributed by atoms with Crippen LogP contribution in [0.1, 0.15) is 23.5 Å². The number of nitrogens with zero attached hydrogens (tertiary/aromatic N) is 1. The Hall–Kier alpha value is -3.36. The standard InChI is InChI=1S/C21H17Cl2N5O3/c1-10-2-5-12(6-3-10)24-21-27-18-17(20(31)28-21)13(9-16(29)26-18)19(30)25-15-7-4-11(22)8-14(15)23/h2-8,13H,9H2,1H3,(H,25,30)(H3,24,26,27,28,29,31). The molecule has 10 heteroatoms. The van der Waals surface area contributed by atoms with Crippen molar-refractivity contribution in [2.75, 3.05) is 16.0 Å². The van der Waals surface area contributed by atoms with Crippen LogP contribution in [0.3, 0.4) is 0 Å². The van der Waals surface area contributed by atoms with Gasteiger partial charge in [0.15, 0.2) is 0 Å². The maximum Gasteiger partial charge on any atom is 0.258 e. The normalized spacial score (nSPS) is 15.1. The minimum atomic E-state index is -1.03. The van der Waals surface area contributed by atoms with Crippen molar-refractivity contribution in [3.05, 3.63) is 74.0 Å². The predicted octanol–water partition coefficient (Wildman–Crippen LogP) is 4.19. The third kappa shape index (κ3) is 4.55. The second-order valence-corrected chi connectivity index (χ2v) is 7.93. The summed E-state index contributed by atoms with van der Waals surface area (Å²) in [5.74, 6) is -1.81. The van der Waals surface area contributed by atoms with E-state index in [-0.39, 0.29) is 28.8 Å². The summed E-state index contributed by atoms with van der Waals surface area (Å²) >= 11 is 12.0. The van der Waals surface area contributed by atoms with Crippen LogP contribution in [0.5, 0.6) is 0 Å². The molecule has 2 heterocycles. The molecule has 0 fully saturated rings. The minimum Gasteiger partial charge on any atom is -0.326 e. The van der Waals surface area contributed by atoms with Crippen LogP contribution < -0.4 is 21.5 Å². The van der Waals surface area contributed by atoms with E-state index in [9.17, 15) is 14.4 Å². The number of H-pyrrole nitrogens is 1. The van der Waals surface area contributed by atoms with Gasteiger partial charge in [-0.2, -0.15) is 4.98 Å². The minimum absolute atomic E-state index is 0.0389. The van der Waals surface area contributed by atoms with E-state index in [0.717, 1.165) is 5.56 Å². The van der Waals surface area contributed by atoms with Gasteiger partial charge in [-0.25, -0.2) is 0 Å². The molecule has 0 spiro atoms. The van der Waals surface area contributed by atoms with E-state index in [1.807, 2.05) is 31.2 Å². The van der Waals surface area contributed by atoms with Crippen LogP contribution in [-0.2, 0) is 9.59 Å². The summed E-state index contributed by atoms with van der Waals surface area (Å²) in [5.41, 5.74) is 1.67. The lowest BCUT2D eigenvalue weighted by Gasteiger charge is -2.24. The molecule has 4 rings (SSSR count). The Morgan fingerprint density at radius 1 is 1.13 bits per heavy atom. The van der Waals surface area contributed by atoms with Crippen molar-refractivity contribution in [2.24, 2.45) is 0 Å². The molecule has 1 atom stereocenters. The molecule has 158 valence electrons. The van der Waals surface area contributed by atoms with Crippen LogP contribution in [0, 0.1) is 6.92 Å². The van der Waals surface area contributed by atoms with Gasteiger partial charge in [-0.05, 0) is 37.3 Å². The molecule has 31 heavy (non-hydrogen) atoms. The maximum absolute atomic E-state index is 12.9. The SMILES string of the molecule is Cc1ccc(Nc2nc3c(c(=O)[nH]2)C(C(=O)Nc2ccc(Cl)cc2Cl)CC(=O)N3)cc1. The quantitative estimate of drug-likeness (QED) is 0.468. The fraction of sp³-hybridized carbons (Fsp3) is 0.143. The van der Waals surface area contributed by atoms with Crippen molar-refractivity contribution < 1.29 is 9.59 Å². The van der Waals surface area contributed by atoms with Gasteiger partial charge in [0.1, 0.15) is 5.82 Å². The fourth-order valence-corrected chi connectivity index (χ4v) is 3.69.